The number of hydrogen-bond donors (Lipinski definition) is 0. The Morgan fingerprint density at radius 3 is 2.67 bits per heavy atom. The summed E-state index contributed by atoms with van der Waals surface area (Å²) in [7, 11) is 6.63. The molecule has 12 heavy (non-hydrogen) atoms. The molecular formula is C7H17N2P3. The van der Waals surface area contributed by atoms with Gasteiger partial charge in [0.25, 0.3) is 0 Å². The maximum absolute atomic E-state index is 2.86. The molecule has 0 aliphatic carbocycles. The van der Waals surface area contributed by atoms with E-state index in [-0.39, 0.29) is 0 Å². The van der Waals surface area contributed by atoms with E-state index < -0.39 is 0 Å². The maximum atomic E-state index is 2.86. The van der Waals surface area contributed by atoms with Gasteiger partial charge in [0.15, 0.2) is 0 Å². The summed E-state index contributed by atoms with van der Waals surface area (Å²) < 4.78 is 4.99. The van der Waals surface area contributed by atoms with Crippen LogP contribution in [0.3, 0.4) is 0 Å². The summed E-state index contributed by atoms with van der Waals surface area (Å²) in [6, 6.07) is 0. The molecule has 2 fully saturated rings. The molecular weight excluding hydrogens is 205 g/mol. The van der Waals surface area contributed by atoms with Gasteiger partial charge in [-0.05, 0) is 26.7 Å². The van der Waals surface area contributed by atoms with E-state index in [1.54, 1.807) is 0 Å². The van der Waals surface area contributed by atoms with Gasteiger partial charge in [-0.15, -0.1) is 0 Å². The molecule has 70 valence electrons. The van der Waals surface area contributed by atoms with E-state index >= 15 is 0 Å². The second kappa shape index (κ2) is 4.16. The van der Waals surface area contributed by atoms with Gasteiger partial charge in [0, 0.05) is 26.2 Å². The van der Waals surface area contributed by atoms with Crippen molar-refractivity contribution in [3.63, 3.8) is 0 Å². The van der Waals surface area contributed by atoms with Crippen molar-refractivity contribution >= 4 is 26.7 Å². The van der Waals surface area contributed by atoms with Crippen molar-refractivity contribution in [1.29, 1.82) is 0 Å². The third-order valence-electron chi connectivity index (χ3n) is 3.01. The Hall–Kier alpha value is 1.21. The largest absolute Gasteiger partial charge is 0.287 e. The summed E-state index contributed by atoms with van der Waals surface area (Å²) in [6.45, 7) is 5.25. The van der Waals surface area contributed by atoms with Crippen LogP contribution in [0.4, 0.5) is 0 Å². The molecule has 2 aliphatic heterocycles. The lowest BCUT2D eigenvalue weighted by molar-refractivity contribution is 0.240. The van der Waals surface area contributed by atoms with Gasteiger partial charge in [0.05, 0.1) is 0 Å². The molecule has 0 amide bonds. The minimum atomic E-state index is 0.930. The highest BCUT2D eigenvalue weighted by atomic mass is 32.0. The topological polar surface area (TPSA) is 6.48 Å². The number of nitrogens with zero attached hydrogens (tertiary/aromatic N) is 2. The first-order valence-corrected chi connectivity index (χ1v) is 7.77. The maximum Gasteiger partial charge on any atom is 0.00654 e. The van der Waals surface area contributed by atoms with Gasteiger partial charge in [-0.2, -0.15) is 0 Å². The molecule has 2 aliphatic rings. The standard InChI is InChI=1S/C7H17N2P3/c10-8-3-6-1-2-9(12-11)5-7(6)4-8/h6-7,12H,1-5,10-11H2. The highest BCUT2D eigenvalue weighted by Crippen LogP contribution is 2.38. The molecule has 2 rings (SSSR count). The van der Waals surface area contributed by atoms with Crippen LogP contribution in [0.25, 0.3) is 0 Å². The van der Waals surface area contributed by atoms with Gasteiger partial charge >= 0.3 is 0 Å². The van der Waals surface area contributed by atoms with Crippen molar-refractivity contribution in [1.82, 2.24) is 9.34 Å². The van der Waals surface area contributed by atoms with Crippen molar-refractivity contribution < 1.29 is 0 Å². The van der Waals surface area contributed by atoms with Crippen molar-refractivity contribution in [2.75, 3.05) is 26.2 Å². The van der Waals surface area contributed by atoms with Crippen LogP contribution in [0.1, 0.15) is 6.42 Å². The SMILES string of the molecule is PPN1CCC2CN(P)CC2C1. The van der Waals surface area contributed by atoms with E-state index in [9.17, 15) is 0 Å². The molecule has 0 N–H and O–H groups in total. The molecule has 5 unspecified atom stereocenters. The first-order valence-electron chi connectivity index (χ1n) is 4.50. The van der Waals surface area contributed by atoms with Crippen LogP contribution in [0.15, 0.2) is 0 Å². The molecule has 5 atom stereocenters. The molecule has 0 aromatic carbocycles. The monoisotopic (exact) mass is 222 g/mol. The highest BCUT2D eigenvalue weighted by molar-refractivity contribution is 8.01. The van der Waals surface area contributed by atoms with Crippen LogP contribution in [0.5, 0.6) is 0 Å². The van der Waals surface area contributed by atoms with Crippen molar-refractivity contribution in [2.24, 2.45) is 11.8 Å². The van der Waals surface area contributed by atoms with E-state index in [1.165, 1.54) is 32.6 Å². The Morgan fingerprint density at radius 1 is 1.17 bits per heavy atom. The van der Waals surface area contributed by atoms with Gasteiger partial charge in [0.2, 0.25) is 0 Å². The smallest absolute Gasteiger partial charge is 0.00654 e. The average Bonchev–Trinajstić information content (AvgIpc) is 2.43. The van der Waals surface area contributed by atoms with E-state index in [1.807, 2.05) is 0 Å². The minimum absolute atomic E-state index is 0.930. The van der Waals surface area contributed by atoms with Gasteiger partial charge in [0.1, 0.15) is 0 Å². The van der Waals surface area contributed by atoms with E-state index in [2.05, 4.69) is 27.7 Å². The Kier molecular flexibility index (Phi) is 3.38. The van der Waals surface area contributed by atoms with Crippen LogP contribution >= 0.6 is 26.7 Å². The lowest BCUT2D eigenvalue weighted by atomic mass is 9.90. The molecule has 0 spiro atoms. The summed E-state index contributed by atoms with van der Waals surface area (Å²) >= 11 is 0. The van der Waals surface area contributed by atoms with Crippen molar-refractivity contribution in [3.05, 3.63) is 0 Å². The zero-order valence-corrected chi connectivity index (χ0v) is 10.5. The summed E-state index contributed by atoms with van der Waals surface area (Å²) in [5.41, 5.74) is 0. The van der Waals surface area contributed by atoms with Gasteiger partial charge in [-0.25, -0.2) is 0 Å². The van der Waals surface area contributed by atoms with E-state index in [4.69, 9.17) is 0 Å². The highest BCUT2D eigenvalue weighted by Gasteiger charge is 2.34. The zero-order chi connectivity index (χ0) is 8.55. The fourth-order valence-corrected chi connectivity index (χ4v) is 4.17. The predicted molar refractivity (Wildman–Crippen MR) is 62.5 cm³/mol. The predicted octanol–water partition coefficient (Wildman–Crippen LogP) is 1.41. The number of piperidine rings is 1. The summed E-state index contributed by atoms with van der Waals surface area (Å²) in [5.74, 6) is 1.93. The van der Waals surface area contributed by atoms with Crippen molar-refractivity contribution in [2.45, 2.75) is 6.42 Å². The fraction of sp³-hybridized carbons (Fsp3) is 1.00. The number of rotatable bonds is 1. The Bertz CT molecular complexity index is 167. The van der Waals surface area contributed by atoms with Gasteiger partial charge < -0.3 is 0 Å². The van der Waals surface area contributed by atoms with Gasteiger partial charge in [-0.1, -0.05) is 18.3 Å². The lowest BCUT2D eigenvalue weighted by Gasteiger charge is -2.33. The summed E-state index contributed by atoms with van der Waals surface area (Å²) in [6.07, 6.45) is 1.41. The molecule has 0 bridgehead atoms. The summed E-state index contributed by atoms with van der Waals surface area (Å²) in [4.78, 5) is 0. The molecule has 2 heterocycles. The molecule has 5 heteroatoms. The van der Waals surface area contributed by atoms with E-state index in [0.29, 0.717) is 0 Å². The van der Waals surface area contributed by atoms with Crippen LogP contribution in [0, 0.1) is 11.8 Å². The molecule has 0 aromatic heterocycles. The van der Waals surface area contributed by atoms with Crippen molar-refractivity contribution in [3.8, 4) is 0 Å². The normalized spacial score (nSPS) is 39.5. The molecule has 0 radical (unpaired) electrons. The third kappa shape index (κ3) is 1.99. The third-order valence-corrected chi connectivity index (χ3v) is 5.30. The van der Waals surface area contributed by atoms with Crippen LogP contribution in [-0.2, 0) is 0 Å². The quantitative estimate of drug-likeness (QED) is 0.619. The first kappa shape index (κ1) is 9.75. The number of fused-ring (bicyclic) bond motifs is 1. The van der Waals surface area contributed by atoms with Crippen LogP contribution in [0.2, 0.25) is 0 Å². The van der Waals surface area contributed by atoms with E-state index in [0.717, 1.165) is 20.3 Å². The second-order valence-electron chi connectivity index (χ2n) is 3.84. The minimum Gasteiger partial charge on any atom is -0.287 e. The molecule has 0 aromatic rings. The summed E-state index contributed by atoms with van der Waals surface area (Å²) in [5, 5.41) is 0. The number of hydrogen-bond acceptors (Lipinski definition) is 2. The Balaban J connectivity index is 1.93. The van der Waals surface area contributed by atoms with Crippen LogP contribution in [-0.4, -0.2) is 35.5 Å². The molecule has 2 saturated heterocycles. The molecule has 0 saturated carbocycles. The Labute approximate surface area is 81.0 Å². The first-order chi connectivity index (χ1) is 5.79. The Morgan fingerprint density at radius 2 is 1.92 bits per heavy atom. The average molecular weight is 222 g/mol. The fourth-order valence-electron chi connectivity index (χ4n) is 2.32. The van der Waals surface area contributed by atoms with Gasteiger partial charge in [-0.3, -0.25) is 9.34 Å². The second-order valence-corrected chi connectivity index (χ2v) is 6.23. The lowest BCUT2D eigenvalue weighted by Crippen LogP contribution is -2.34. The zero-order valence-electron chi connectivity index (χ0n) is 7.24. The van der Waals surface area contributed by atoms with Crippen LogP contribution < -0.4 is 0 Å². The molecule has 2 nitrogen and oxygen atoms in total.